The van der Waals surface area contributed by atoms with Crippen LogP contribution < -0.4 is 0 Å². The summed E-state index contributed by atoms with van der Waals surface area (Å²) in [7, 11) is 0. The second-order valence-electron chi connectivity index (χ2n) is 2.84. The number of hydrogen-bond donors (Lipinski definition) is 0. The molecule has 1 atom stereocenters. The van der Waals surface area contributed by atoms with Crippen LogP contribution in [0.2, 0.25) is 0 Å². The van der Waals surface area contributed by atoms with Gasteiger partial charge in [-0.3, -0.25) is 0 Å². The Morgan fingerprint density at radius 1 is 1.21 bits per heavy atom. The first-order chi connectivity index (χ1) is 6.38. The molecule has 1 aromatic rings. The lowest BCUT2D eigenvalue weighted by Gasteiger charge is -2.12. The molecule has 0 amide bonds. The zero-order valence-corrected chi connectivity index (χ0v) is 9.33. The van der Waals surface area contributed by atoms with E-state index in [0.29, 0.717) is 5.56 Å². The molecule has 0 saturated heterocycles. The van der Waals surface area contributed by atoms with Crippen molar-refractivity contribution in [2.45, 2.75) is 18.0 Å². The van der Waals surface area contributed by atoms with Gasteiger partial charge in [-0.25, -0.2) is 0 Å². The fourth-order valence-corrected chi connectivity index (χ4v) is 1.58. The lowest BCUT2D eigenvalue weighted by molar-refractivity contribution is -0.134. The van der Waals surface area contributed by atoms with Gasteiger partial charge in [0.15, 0.2) is 0 Å². The summed E-state index contributed by atoms with van der Waals surface area (Å²) >= 11 is 8.80. The lowest BCUT2D eigenvalue weighted by atomic mass is 10.1. The van der Waals surface area contributed by atoms with Crippen LogP contribution in [0.25, 0.3) is 0 Å². The molecule has 0 nitrogen and oxygen atoms in total. The molecule has 0 aromatic heterocycles. The van der Waals surface area contributed by atoms with Crippen molar-refractivity contribution in [3.63, 3.8) is 0 Å². The largest absolute Gasteiger partial charge is 0.390 e. The second-order valence-corrected chi connectivity index (χ2v) is 4.28. The lowest BCUT2D eigenvalue weighted by Crippen LogP contribution is -2.10. The summed E-state index contributed by atoms with van der Waals surface area (Å²) in [6.45, 7) is 0. The minimum absolute atomic E-state index is 0.479. The van der Waals surface area contributed by atoms with Gasteiger partial charge in [0.05, 0.1) is 11.8 Å². The molecule has 1 rings (SSSR count). The average molecular weight is 288 g/mol. The second kappa shape index (κ2) is 4.53. The van der Waals surface area contributed by atoms with Gasteiger partial charge in [0.2, 0.25) is 0 Å². The summed E-state index contributed by atoms with van der Waals surface area (Å²) < 4.78 is 36.7. The Morgan fingerprint density at radius 3 is 2.14 bits per heavy atom. The fourth-order valence-electron chi connectivity index (χ4n) is 0.993. The van der Waals surface area contributed by atoms with Crippen LogP contribution in [0.3, 0.4) is 0 Å². The van der Waals surface area contributed by atoms with Crippen LogP contribution in [0.4, 0.5) is 13.2 Å². The monoisotopic (exact) mass is 286 g/mol. The summed E-state index contributed by atoms with van der Waals surface area (Å²) in [6, 6.07) is 6.49. The third kappa shape index (κ3) is 3.88. The summed E-state index contributed by atoms with van der Waals surface area (Å²) in [5.74, 6) is 0. The summed E-state index contributed by atoms with van der Waals surface area (Å²) in [6.07, 6.45) is -5.23. The van der Waals surface area contributed by atoms with Crippen LogP contribution in [-0.4, -0.2) is 6.18 Å². The van der Waals surface area contributed by atoms with Gasteiger partial charge >= 0.3 is 6.18 Å². The number of hydrogen-bond acceptors (Lipinski definition) is 0. The first-order valence-electron chi connectivity index (χ1n) is 3.85. The van der Waals surface area contributed by atoms with E-state index in [0.717, 1.165) is 4.47 Å². The van der Waals surface area contributed by atoms with E-state index in [4.69, 9.17) is 11.6 Å². The molecule has 1 aromatic carbocycles. The molecule has 14 heavy (non-hydrogen) atoms. The van der Waals surface area contributed by atoms with Crippen molar-refractivity contribution in [3.8, 4) is 0 Å². The van der Waals surface area contributed by atoms with Crippen molar-refractivity contribution in [1.29, 1.82) is 0 Å². The third-order valence-corrected chi connectivity index (χ3v) is 2.58. The smallest absolute Gasteiger partial charge is 0.171 e. The van der Waals surface area contributed by atoms with Crippen molar-refractivity contribution < 1.29 is 13.2 Å². The van der Waals surface area contributed by atoms with Gasteiger partial charge in [-0.1, -0.05) is 28.1 Å². The average Bonchev–Trinajstić information content (AvgIpc) is 2.02. The third-order valence-electron chi connectivity index (χ3n) is 1.64. The van der Waals surface area contributed by atoms with E-state index < -0.39 is 18.0 Å². The van der Waals surface area contributed by atoms with Crippen LogP contribution in [0, 0.1) is 0 Å². The van der Waals surface area contributed by atoms with Crippen molar-refractivity contribution in [2.24, 2.45) is 0 Å². The van der Waals surface area contributed by atoms with Crippen LogP contribution >= 0.6 is 27.5 Å². The van der Waals surface area contributed by atoms with E-state index in [1.165, 1.54) is 0 Å². The van der Waals surface area contributed by atoms with E-state index >= 15 is 0 Å². The highest BCUT2D eigenvalue weighted by Gasteiger charge is 2.31. The Hall–Kier alpha value is -0.220. The van der Waals surface area contributed by atoms with Crippen molar-refractivity contribution in [1.82, 2.24) is 0 Å². The highest BCUT2D eigenvalue weighted by atomic mass is 79.9. The predicted octanol–water partition coefficient (Wildman–Crippen LogP) is 4.68. The molecule has 5 heteroatoms. The Labute approximate surface area is 93.2 Å². The van der Waals surface area contributed by atoms with Gasteiger partial charge in [-0.15, -0.1) is 11.6 Å². The van der Waals surface area contributed by atoms with E-state index in [1.807, 2.05) is 0 Å². The minimum atomic E-state index is -4.22. The molecule has 78 valence electrons. The van der Waals surface area contributed by atoms with Gasteiger partial charge in [0, 0.05) is 4.47 Å². The molecule has 0 aliphatic carbocycles. The predicted molar refractivity (Wildman–Crippen MR) is 53.4 cm³/mol. The van der Waals surface area contributed by atoms with Gasteiger partial charge in [-0.05, 0) is 17.7 Å². The van der Waals surface area contributed by atoms with Crippen LogP contribution in [-0.2, 0) is 0 Å². The summed E-state index contributed by atoms with van der Waals surface area (Å²) in [5.41, 5.74) is 0.479. The number of benzene rings is 1. The fraction of sp³-hybridized carbons (Fsp3) is 0.333. The Bertz CT molecular complexity index is 294. The van der Waals surface area contributed by atoms with Crippen molar-refractivity contribution in [3.05, 3.63) is 34.3 Å². The molecule has 0 heterocycles. The highest BCUT2D eigenvalue weighted by Crippen LogP contribution is 2.34. The normalized spacial score (nSPS) is 14.1. The van der Waals surface area contributed by atoms with Gasteiger partial charge < -0.3 is 0 Å². The van der Waals surface area contributed by atoms with Crippen LogP contribution in [0.1, 0.15) is 17.4 Å². The molecular weight excluding hydrogens is 280 g/mol. The van der Waals surface area contributed by atoms with Gasteiger partial charge in [-0.2, -0.15) is 13.2 Å². The van der Waals surface area contributed by atoms with Crippen LogP contribution in [0.5, 0.6) is 0 Å². The SMILES string of the molecule is FC(F)(F)CC(Cl)c1ccc(Br)cc1. The molecule has 0 bridgehead atoms. The van der Waals surface area contributed by atoms with Gasteiger partial charge in [0.1, 0.15) is 0 Å². The van der Waals surface area contributed by atoms with E-state index in [1.54, 1.807) is 24.3 Å². The summed E-state index contributed by atoms with van der Waals surface area (Å²) in [5, 5.41) is -1.01. The summed E-state index contributed by atoms with van der Waals surface area (Å²) in [4.78, 5) is 0. The molecule has 0 spiro atoms. The van der Waals surface area contributed by atoms with E-state index in [9.17, 15) is 13.2 Å². The minimum Gasteiger partial charge on any atom is -0.171 e. The first kappa shape index (κ1) is 11.9. The van der Waals surface area contributed by atoms with Crippen LogP contribution in [0.15, 0.2) is 28.7 Å². The number of rotatable bonds is 2. The molecule has 0 fully saturated rings. The number of alkyl halides is 4. The topological polar surface area (TPSA) is 0 Å². The van der Waals surface area contributed by atoms with Crippen molar-refractivity contribution in [2.75, 3.05) is 0 Å². The molecule has 0 radical (unpaired) electrons. The molecule has 0 aliphatic heterocycles. The molecule has 0 aliphatic rings. The molecule has 1 unspecified atom stereocenters. The molecule has 0 saturated carbocycles. The number of halogens is 5. The zero-order chi connectivity index (χ0) is 10.8. The molecular formula is C9H7BrClF3. The molecule has 0 N–H and O–H groups in total. The Kier molecular flexibility index (Phi) is 3.84. The van der Waals surface area contributed by atoms with Crippen molar-refractivity contribution >= 4 is 27.5 Å². The zero-order valence-electron chi connectivity index (χ0n) is 6.98. The van der Waals surface area contributed by atoms with Gasteiger partial charge in [0.25, 0.3) is 0 Å². The first-order valence-corrected chi connectivity index (χ1v) is 5.08. The Morgan fingerprint density at radius 2 is 1.71 bits per heavy atom. The standard InChI is InChI=1S/C9H7BrClF3/c10-7-3-1-6(2-4-7)8(11)5-9(12,13)14/h1-4,8H,5H2. The maximum Gasteiger partial charge on any atom is 0.390 e. The Balaban J connectivity index is 2.70. The van der Waals surface area contributed by atoms with E-state index in [-0.39, 0.29) is 0 Å². The van der Waals surface area contributed by atoms with E-state index in [2.05, 4.69) is 15.9 Å². The maximum atomic E-state index is 12.0. The highest BCUT2D eigenvalue weighted by molar-refractivity contribution is 9.10. The maximum absolute atomic E-state index is 12.0. The quantitative estimate of drug-likeness (QED) is 0.693.